The van der Waals surface area contributed by atoms with Gasteiger partial charge in [0.1, 0.15) is 10.7 Å². The van der Waals surface area contributed by atoms with Gasteiger partial charge in [-0.15, -0.1) is 22.7 Å². The lowest BCUT2D eigenvalue weighted by molar-refractivity contribution is -0.118. The van der Waals surface area contributed by atoms with Gasteiger partial charge in [0, 0.05) is 31.6 Å². The lowest BCUT2D eigenvalue weighted by Crippen LogP contribution is -2.26. The molecule has 0 atom stereocenters. The topological polar surface area (TPSA) is 79.8 Å². The van der Waals surface area contributed by atoms with Crippen LogP contribution < -0.4 is 10.6 Å². The molecule has 8 heteroatoms. The maximum atomic E-state index is 10.8. The van der Waals surface area contributed by atoms with Crippen LogP contribution in [0.3, 0.4) is 0 Å². The van der Waals surface area contributed by atoms with Crippen LogP contribution in [0.5, 0.6) is 0 Å². The molecule has 0 unspecified atom stereocenters. The molecule has 21 heavy (non-hydrogen) atoms. The lowest BCUT2D eigenvalue weighted by Gasteiger charge is -2.07. The number of aromatic nitrogens is 3. The van der Waals surface area contributed by atoms with E-state index in [9.17, 15) is 4.79 Å². The molecule has 0 aromatic carbocycles. The van der Waals surface area contributed by atoms with Crippen molar-refractivity contribution in [3.05, 3.63) is 23.0 Å². The Bertz CT molecular complexity index is 753. The summed E-state index contributed by atoms with van der Waals surface area (Å²) in [5, 5.41) is 10.7. The zero-order valence-corrected chi connectivity index (χ0v) is 12.9. The first-order valence-corrected chi connectivity index (χ1v) is 8.13. The molecule has 0 saturated heterocycles. The summed E-state index contributed by atoms with van der Waals surface area (Å²) in [5.41, 5.74) is 1.76. The van der Waals surface area contributed by atoms with Crippen LogP contribution in [0.4, 0.5) is 5.95 Å². The molecule has 108 valence electrons. The first-order chi connectivity index (χ1) is 10.2. The van der Waals surface area contributed by atoms with Gasteiger partial charge in [0.25, 0.3) is 0 Å². The van der Waals surface area contributed by atoms with Crippen LogP contribution in [0.15, 0.2) is 23.0 Å². The molecule has 0 aliphatic heterocycles. The Morgan fingerprint density at radius 2 is 2.14 bits per heavy atom. The third-order valence-electron chi connectivity index (χ3n) is 2.72. The van der Waals surface area contributed by atoms with Gasteiger partial charge >= 0.3 is 0 Å². The number of carbonyl (C=O) groups excluding carboxylic acids is 1. The molecule has 3 rings (SSSR count). The number of fused-ring (bicyclic) bond motifs is 1. The Morgan fingerprint density at radius 3 is 2.90 bits per heavy atom. The molecular weight excluding hydrogens is 306 g/mol. The Balaban J connectivity index is 1.85. The van der Waals surface area contributed by atoms with Crippen LogP contribution in [0, 0.1) is 0 Å². The van der Waals surface area contributed by atoms with Crippen LogP contribution in [-0.2, 0) is 4.79 Å². The minimum Gasteiger partial charge on any atom is -0.355 e. The average molecular weight is 319 g/mol. The first-order valence-electron chi connectivity index (χ1n) is 6.37. The van der Waals surface area contributed by atoms with E-state index in [1.54, 1.807) is 28.9 Å². The highest BCUT2D eigenvalue weighted by molar-refractivity contribution is 7.18. The summed E-state index contributed by atoms with van der Waals surface area (Å²) in [6, 6.07) is 1.97. The van der Waals surface area contributed by atoms with Gasteiger partial charge in [-0.3, -0.25) is 4.79 Å². The fraction of sp³-hybridized carbons (Fsp3) is 0.231. The minimum absolute atomic E-state index is 0.0468. The van der Waals surface area contributed by atoms with Crippen molar-refractivity contribution >= 4 is 44.7 Å². The molecule has 3 aromatic heterocycles. The highest BCUT2D eigenvalue weighted by atomic mass is 32.1. The lowest BCUT2D eigenvalue weighted by atomic mass is 10.3. The number of hydrogen-bond donors (Lipinski definition) is 2. The maximum absolute atomic E-state index is 10.8. The number of nitrogens with zero attached hydrogens (tertiary/aromatic N) is 3. The largest absolute Gasteiger partial charge is 0.355 e. The van der Waals surface area contributed by atoms with Crippen molar-refractivity contribution in [2.75, 3.05) is 18.4 Å². The number of nitrogens with one attached hydrogen (secondary N) is 2. The van der Waals surface area contributed by atoms with Crippen LogP contribution in [0.25, 0.3) is 20.9 Å². The van der Waals surface area contributed by atoms with Gasteiger partial charge in [-0.05, 0) is 11.4 Å². The Kier molecular flexibility index (Phi) is 4.07. The highest BCUT2D eigenvalue weighted by Crippen LogP contribution is 2.31. The van der Waals surface area contributed by atoms with Gasteiger partial charge in [0.05, 0.1) is 10.2 Å². The van der Waals surface area contributed by atoms with E-state index in [1.165, 1.54) is 6.92 Å². The smallest absolute Gasteiger partial charge is 0.224 e. The summed E-state index contributed by atoms with van der Waals surface area (Å²) in [6.07, 6.45) is 1.77. The van der Waals surface area contributed by atoms with Crippen LogP contribution in [0.1, 0.15) is 6.92 Å². The van der Waals surface area contributed by atoms with Gasteiger partial charge in [0.2, 0.25) is 11.9 Å². The standard InChI is InChI=1S/C13H13N5OS2/c1-8(19)14-3-4-16-13-17-9-2-6-20-11(9)10(18-13)12-15-5-7-21-12/h2,5-7H,3-4H2,1H3,(H,14,19)(H,16,17,18). The number of carbonyl (C=O) groups is 1. The average Bonchev–Trinajstić information content (AvgIpc) is 3.13. The van der Waals surface area contributed by atoms with E-state index in [1.807, 2.05) is 16.8 Å². The van der Waals surface area contributed by atoms with Gasteiger partial charge in [-0.25, -0.2) is 15.0 Å². The van der Waals surface area contributed by atoms with E-state index in [2.05, 4.69) is 25.6 Å². The summed E-state index contributed by atoms with van der Waals surface area (Å²) in [7, 11) is 0. The normalized spacial score (nSPS) is 10.7. The third kappa shape index (κ3) is 3.17. The van der Waals surface area contributed by atoms with Gasteiger partial charge < -0.3 is 10.6 Å². The van der Waals surface area contributed by atoms with Gasteiger partial charge in [-0.1, -0.05) is 0 Å². The number of thiophene rings is 1. The monoisotopic (exact) mass is 319 g/mol. The molecule has 0 aliphatic carbocycles. The zero-order valence-electron chi connectivity index (χ0n) is 11.3. The molecule has 0 aliphatic rings. The third-order valence-corrected chi connectivity index (χ3v) is 4.41. The van der Waals surface area contributed by atoms with Crippen LogP contribution >= 0.6 is 22.7 Å². The fourth-order valence-corrected chi connectivity index (χ4v) is 3.36. The van der Waals surface area contributed by atoms with E-state index in [0.717, 1.165) is 20.9 Å². The van der Waals surface area contributed by atoms with Crippen molar-refractivity contribution < 1.29 is 4.79 Å². The Labute approximate surface area is 129 Å². The minimum atomic E-state index is -0.0468. The number of rotatable bonds is 5. The first kappa shape index (κ1) is 13.9. The van der Waals surface area contributed by atoms with E-state index in [-0.39, 0.29) is 5.91 Å². The zero-order chi connectivity index (χ0) is 14.7. The molecule has 0 fully saturated rings. The second-order valence-electron chi connectivity index (χ2n) is 4.28. The Hall–Kier alpha value is -2.06. The molecule has 3 heterocycles. The molecule has 0 bridgehead atoms. The number of anilines is 1. The van der Waals surface area contributed by atoms with Crippen molar-refractivity contribution in [2.45, 2.75) is 6.92 Å². The summed E-state index contributed by atoms with van der Waals surface area (Å²) in [6.45, 7) is 2.61. The summed E-state index contributed by atoms with van der Waals surface area (Å²) in [4.78, 5) is 24.2. The maximum Gasteiger partial charge on any atom is 0.224 e. The van der Waals surface area contributed by atoms with Crippen molar-refractivity contribution in [3.8, 4) is 10.7 Å². The fourth-order valence-electron chi connectivity index (χ4n) is 1.84. The van der Waals surface area contributed by atoms with Gasteiger partial charge in [0.15, 0.2) is 0 Å². The van der Waals surface area contributed by atoms with Crippen molar-refractivity contribution in [3.63, 3.8) is 0 Å². The van der Waals surface area contributed by atoms with E-state index in [4.69, 9.17) is 0 Å². The SMILES string of the molecule is CC(=O)NCCNc1nc(-c2nccs2)c2sccc2n1. The molecule has 0 saturated carbocycles. The van der Waals surface area contributed by atoms with Crippen molar-refractivity contribution in [1.29, 1.82) is 0 Å². The predicted octanol–water partition coefficient (Wildman–Crippen LogP) is 2.36. The van der Waals surface area contributed by atoms with E-state index in [0.29, 0.717) is 19.0 Å². The number of hydrogen-bond acceptors (Lipinski definition) is 7. The molecule has 3 aromatic rings. The van der Waals surface area contributed by atoms with Gasteiger partial charge in [-0.2, -0.15) is 0 Å². The molecule has 2 N–H and O–H groups in total. The van der Waals surface area contributed by atoms with Crippen molar-refractivity contribution in [2.24, 2.45) is 0 Å². The molecule has 1 amide bonds. The second-order valence-corrected chi connectivity index (χ2v) is 6.09. The summed E-state index contributed by atoms with van der Waals surface area (Å²) in [5.74, 6) is 0.505. The summed E-state index contributed by atoms with van der Waals surface area (Å²) < 4.78 is 1.04. The molecule has 6 nitrogen and oxygen atoms in total. The predicted molar refractivity (Wildman–Crippen MR) is 85.7 cm³/mol. The highest BCUT2D eigenvalue weighted by Gasteiger charge is 2.12. The molecule has 0 spiro atoms. The van der Waals surface area contributed by atoms with Crippen LogP contribution in [-0.4, -0.2) is 33.9 Å². The second kappa shape index (κ2) is 6.15. The quantitative estimate of drug-likeness (QED) is 0.706. The van der Waals surface area contributed by atoms with E-state index < -0.39 is 0 Å². The number of amides is 1. The Morgan fingerprint density at radius 1 is 1.24 bits per heavy atom. The van der Waals surface area contributed by atoms with Crippen LogP contribution in [0.2, 0.25) is 0 Å². The molecular formula is C13H13N5OS2. The molecule has 0 radical (unpaired) electrons. The van der Waals surface area contributed by atoms with E-state index >= 15 is 0 Å². The van der Waals surface area contributed by atoms with Crippen molar-refractivity contribution in [1.82, 2.24) is 20.3 Å². The number of thiazole rings is 1. The summed E-state index contributed by atoms with van der Waals surface area (Å²) >= 11 is 3.17.